The summed E-state index contributed by atoms with van der Waals surface area (Å²) in [6, 6.07) is 3.88. The number of allylic oxidation sites excluding steroid dienone is 1. The fraction of sp³-hybridized carbons (Fsp3) is 0.455. The second-order valence-corrected chi connectivity index (χ2v) is 8.00. The van der Waals surface area contributed by atoms with Crippen molar-refractivity contribution in [3.05, 3.63) is 47.6 Å². The predicted octanol–water partition coefficient (Wildman–Crippen LogP) is 1.95. The van der Waals surface area contributed by atoms with Gasteiger partial charge in [0, 0.05) is 11.6 Å². The van der Waals surface area contributed by atoms with Crippen LogP contribution in [0.25, 0.3) is 0 Å². The van der Waals surface area contributed by atoms with E-state index in [1.807, 2.05) is 19.2 Å². The summed E-state index contributed by atoms with van der Waals surface area (Å²) in [6.45, 7) is 2.58. The summed E-state index contributed by atoms with van der Waals surface area (Å²) in [5, 5.41) is 0. The summed E-state index contributed by atoms with van der Waals surface area (Å²) in [4.78, 5) is 27.8. The van der Waals surface area contributed by atoms with Crippen molar-refractivity contribution in [2.75, 3.05) is 20.7 Å². The highest BCUT2D eigenvalue weighted by Gasteiger charge is 2.74. The first-order valence-electron chi connectivity index (χ1n) is 9.64. The Hall–Kier alpha value is -2.60. The lowest BCUT2D eigenvalue weighted by atomic mass is 9.50. The van der Waals surface area contributed by atoms with Crippen molar-refractivity contribution in [3.63, 3.8) is 0 Å². The molecule has 146 valence electrons. The molecule has 1 fully saturated rings. The van der Waals surface area contributed by atoms with Crippen LogP contribution in [0.2, 0.25) is 0 Å². The molecule has 28 heavy (non-hydrogen) atoms. The summed E-state index contributed by atoms with van der Waals surface area (Å²) < 4.78 is 18.0. The van der Waals surface area contributed by atoms with E-state index in [0.29, 0.717) is 24.3 Å². The number of benzene rings is 1. The van der Waals surface area contributed by atoms with E-state index in [1.165, 1.54) is 12.2 Å². The van der Waals surface area contributed by atoms with E-state index < -0.39 is 23.1 Å². The number of ketones is 1. The summed E-state index contributed by atoms with van der Waals surface area (Å²) in [7, 11) is 3.65. The Labute approximate surface area is 163 Å². The van der Waals surface area contributed by atoms with Gasteiger partial charge in [0.1, 0.15) is 0 Å². The first-order valence-corrected chi connectivity index (χ1v) is 9.64. The van der Waals surface area contributed by atoms with Crippen LogP contribution in [0.4, 0.5) is 0 Å². The molecule has 6 nitrogen and oxygen atoms in total. The first kappa shape index (κ1) is 17.5. The average molecular weight is 381 g/mol. The molecule has 4 aliphatic rings. The van der Waals surface area contributed by atoms with E-state index in [4.69, 9.17) is 14.2 Å². The molecular formula is C22H23NO5. The number of carbonyl (C=O) groups is 2. The van der Waals surface area contributed by atoms with E-state index in [2.05, 4.69) is 11.0 Å². The van der Waals surface area contributed by atoms with Crippen molar-refractivity contribution in [2.24, 2.45) is 0 Å². The van der Waals surface area contributed by atoms with Crippen LogP contribution in [0.15, 0.2) is 36.4 Å². The zero-order valence-electron chi connectivity index (χ0n) is 16.2. The molecule has 1 aromatic carbocycles. The normalized spacial score (nSPS) is 34.9. The Bertz CT molecular complexity index is 950. The third-order valence-corrected chi connectivity index (χ3v) is 6.88. The molecule has 6 heteroatoms. The van der Waals surface area contributed by atoms with E-state index in [-0.39, 0.29) is 11.8 Å². The molecule has 2 aliphatic carbocycles. The van der Waals surface area contributed by atoms with Gasteiger partial charge in [-0.25, -0.2) is 4.79 Å². The quantitative estimate of drug-likeness (QED) is 0.589. The van der Waals surface area contributed by atoms with Gasteiger partial charge in [-0.15, -0.1) is 0 Å². The standard InChI is InChI=1S/C22H23NO5/c1-4-5-17(25)28-22-9-8-14(24)20-21(22)10-11-23(2)16(22)12-13-6-7-15(26-3)19(27-20)18(13)21/h4-9,16,20H,10-12H2,1-3H3/b5-4+/t16-,20+,21+,22-/m1/s1. The lowest BCUT2D eigenvalue weighted by Gasteiger charge is -2.61. The minimum atomic E-state index is -0.959. The van der Waals surface area contributed by atoms with Gasteiger partial charge in [0.05, 0.1) is 18.6 Å². The molecule has 4 atom stereocenters. The zero-order valence-corrected chi connectivity index (χ0v) is 16.2. The van der Waals surface area contributed by atoms with Crippen molar-refractivity contribution in [3.8, 4) is 11.5 Å². The number of likely N-dealkylation sites (N-methyl/N-ethyl adjacent to an activating group) is 1. The Kier molecular flexibility index (Phi) is 3.56. The SMILES string of the molecule is C/C=C/C(=O)O[C@@]12C=CC(=O)[C@@H]3Oc4c(OC)ccc5c4[C@@]31CCN(C)[C@@H]2C5. The molecule has 1 spiro atoms. The summed E-state index contributed by atoms with van der Waals surface area (Å²) >= 11 is 0. The topological polar surface area (TPSA) is 65.1 Å². The van der Waals surface area contributed by atoms with Gasteiger partial charge in [0.25, 0.3) is 0 Å². The molecule has 0 aromatic heterocycles. The number of ether oxygens (including phenoxy) is 3. The number of nitrogens with zero attached hydrogens (tertiary/aromatic N) is 1. The molecule has 0 radical (unpaired) electrons. The highest BCUT2D eigenvalue weighted by atomic mass is 16.6. The molecule has 0 amide bonds. The van der Waals surface area contributed by atoms with Crippen LogP contribution < -0.4 is 9.47 Å². The molecule has 2 heterocycles. The van der Waals surface area contributed by atoms with Crippen LogP contribution >= 0.6 is 0 Å². The maximum Gasteiger partial charge on any atom is 0.331 e. The Morgan fingerprint density at radius 3 is 2.96 bits per heavy atom. The molecular weight excluding hydrogens is 358 g/mol. The fourth-order valence-corrected chi connectivity index (χ4v) is 5.78. The first-order chi connectivity index (χ1) is 13.5. The largest absolute Gasteiger partial charge is 0.493 e. The maximum absolute atomic E-state index is 12.9. The average Bonchev–Trinajstić information content (AvgIpc) is 3.03. The van der Waals surface area contributed by atoms with E-state index in [1.54, 1.807) is 20.1 Å². The Morgan fingerprint density at radius 1 is 1.39 bits per heavy atom. The van der Waals surface area contributed by atoms with Gasteiger partial charge in [-0.2, -0.15) is 0 Å². The summed E-state index contributed by atoms with van der Waals surface area (Å²) in [5.74, 6) is 0.740. The number of hydrogen-bond acceptors (Lipinski definition) is 6. The molecule has 1 aromatic rings. The van der Waals surface area contributed by atoms with E-state index in [9.17, 15) is 9.59 Å². The highest BCUT2D eigenvalue weighted by Crippen LogP contribution is 2.64. The fourth-order valence-electron chi connectivity index (χ4n) is 5.78. The number of piperidine rings is 1. The number of rotatable bonds is 3. The van der Waals surface area contributed by atoms with E-state index >= 15 is 0 Å². The van der Waals surface area contributed by atoms with Crippen LogP contribution in [-0.4, -0.2) is 55.1 Å². The van der Waals surface area contributed by atoms with Crippen LogP contribution in [-0.2, 0) is 26.2 Å². The lowest BCUT2D eigenvalue weighted by molar-refractivity contribution is -0.185. The highest BCUT2D eigenvalue weighted by molar-refractivity contribution is 5.99. The van der Waals surface area contributed by atoms with Crippen LogP contribution in [0.1, 0.15) is 24.5 Å². The number of hydrogen-bond donors (Lipinski definition) is 0. The van der Waals surface area contributed by atoms with Gasteiger partial charge >= 0.3 is 5.97 Å². The molecule has 2 aliphatic heterocycles. The Balaban J connectivity index is 1.82. The molecule has 0 saturated carbocycles. The molecule has 2 bridgehead atoms. The smallest absolute Gasteiger partial charge is 0.331 e. The second-order valence-electron chi connectivity index (χ2n) is 8.00. The third-order valence-electron chi connectivity index (χ3n) is 6.88. The lowest BCUT2D eigenvalue weighted by Crippen LogP contribution is -2.75. The van der Waals surface area contributed by atoms with Crippen molar-refractivity contribution in [1.82, 2.24) is 4.90 Å². The number of carbonyl (C=O) groups excluding carboxylic acids is 2. The van der Waals surface area contributed by atoms with E-state index in [0.717, 1.165) is 17.7 Å². The van der Waals surface area contributed by atoms with Crippen LogP contribution in [0, 0.1) is 0 Å². The van der Waals surface area contributed by atoms with Gasteiger partial charge in [-0.3, -0.25) is 9.69 Å². The van der Waals surface area contributed by atoms with Crippen molar-refractivity contribution >= 4 is 11.8 Å². The van der Waals surface area contributed by atoms with Gasteiger partial charge in [-0.05, 0) is 57.1 Å². The minimum Gasteiger partial charge on any atom is -0.493 e. The van der Waals surface area contributed by atoms with Gasteiger partial charge < -0.3 is 14.2 Å². The number of likely N-dealkylation sites (tertiary alicyclic amines) is 1. The zero-order chi connectivity index (χ0) is 19.7. The van der Waals surface area contributed by atoms with Crippen LogP contribution in [0.5, 0.6) is 11.5 Å². The number of methoxy groups -OCH3 is 1. The maximum atomic E-state index is 12.9. The Morgan fingerprint density at radius 2 is 2.21 bits per heavy atom. The summed E-state index contributed by atoms with van der Waals surface area (Å²) in [5.41, 5.74) is 0.424. The molecule has 0 unspecified atom stereocenters. The van der Waals surface area contributed by atoms with Gasteiger partial charge in [0.2, 0.25) is 0 Å². The molecule has 5 rings (SSSR count). The second kappa shape index (κ2) is 5.70. The van der Waals surface area contributed by atoms with Crippen molar-refractivity contribution in [1.29, 1.82) is 0 Å². The predicted molar refractivity (Wildman–Crippen MR) is 102 cm³/mol. The van der Waals surface area contributed by atoms with Gasteiger partial charge in [0.15, 0.2) is 29.0 Å². The summed E-state index contributed by atoms with van der Waals surface area (Å²) in [6.07, 6.45) is 7.10. The van der Waals surface area contributed by atoms with Crippen LogP contribution in [0.3, 0.4) is 0 Å². The van der Waals surface area contributed by atoms with Crippen molar-refractivity contribution < 1.29 is 23.8 Å². The van der Waals surface area contributed by atoms with Crippen molar-refractivity contribution in [2.45, 2.75) is 42.9 Å². The number of esters is 1. The molecule has 0 N–H and O–H groups in total. The van der Waals surface area contributed by atoms with Gasteiger partial charge in [-0.1, -0.05) is 12.1 Å². The monoisotopic (exact) mass is 381 g/mol. The molecule has 1 saturated heterocycles. The minimum absolute atomic E-state index is 0.0715. The third kappa shape index (κ3) is 1.86.